The van der Waals surface area contributed by atoms with Crippen LogP contribution >= 0.6 is 11.5 Å². The molecule has 0 radical (unpaired) electrons. The summed E-state index contributed by atoms with van der Waals surface area (Å²) in [6.07, 6.45) is -0.121. The molecule has 6 rings (SSSR count). The second-order valence-corrected chi connectivity index (χ2v) is 11.8. The van der Waals surface area contributed by atoms with E-state index in [2.05, 4.69) is 14.7 Å². The first-order valence-electron chi connectivity index (χ1n) is 13.9. The Morgan fingerprint density at radius 3 is 2.44 bits per heavy atom. The molecule has 3 aliphatic rings. The summed E-state index contributed by atoms with van der Waals surface area (Å²) in [6, 6.07) is 9.14. The maximum absolute atomic E-state index is 15.7. The van der Waals surface area contributed by atoms with E-state index in [-0.39, 0.29) is 24.4 Å². The summed E-state index contributed by atoms with van der Waals surface area (Å²) < 4.78 is 62.1. The third-order valence-electron chi connectivity index (χ3n) is 8.08. The number of halogens is 3. The van der Waals surface area contributed by atoms with Crippen molar-refractivity contribution < 1.29 is 27.4 Å². The molecule has 3 aromatic rings. The van der Waals surface area contributed by atoms with Crippen LogP contribution in [0.15, 0.2) is 36.4 Å². The molecular formula is C29H32F3N5O3S. The van der Waals surface area contributed by atoms with Gasteiger partial charge in [-0.15, -0.1) is 0 Å². The van der Waals surface area contributed by atoms with Gasteiger partial charge in [0.15, 0.2) is 5.60 Å². The number of anilines is 2. The van der Waals surface area contributed by atoms with Gasteiger partial charge in [-0.1, -0.05) is 26.0 Å². The van der Waals surface area contributed by atoms with Gasteiger partial charge in [-0.05, 0) is 35.4 Å². The van der Waals surface area contributed by atoms with E-state index in [0.717, 1.165) is 11.0 Å². The Hall–Kier alpha value is -3.38. The minimum Gasteiger partial charge on any atom is -0.481 e. The second kappa shape index (κ2) is 10.8. The lowest BCUT2D eigenvalue weighted by Gasteiger charge is -2.48. The van der Waals surface area contributed by atoms with Crippen molar-refractivity contribution in [2.24, 2.45) is 0 Å². The van der Waals surface area contributed by atoms with Gasteiger partial charge >= 0.3 is 6.03 Å². The molecule has 2 saturated heterocycles. The molecule has 2 fully saturated rings. The van der Waals surface area contributed by atoms with E-state index in [1.165, 1.54) is 23.7 Å². The molecule has 0 bridgehead atoms. The van der Waals surface area contributed by atoms with Crippen LogP contribution in [0.2, 0.25) is 0 Å². The number of carbonyl (C=O) groups excluding carboxylic acids is 1. The summed E-state index contributed by atoms with van der Waals surface area (Å²) in [5.41, 5.74) is -0.0343. The van der Waals surface area contributed by atoms with E-state index in [0.29, 0.717) is 61.8 Å². The summed E-state index contributed by atoms with van der Waals surface area (Å²) in [6.45, 7) is 6.62. The molecule has 1 spiro atoms. The van der Waals surface area contributed by atoms with Crippen LogP contribution in [0, 0.1) is 5.82 Å². The first kappa shape index (κ1) is 27.8. The zero-order chi connectivity index (χ0) is 28.8. The summed E-state index contributed by atoms with van der Waals surface area (Å²) in [7, 11) is 0. The fourth-order valence-corrected chi connectivity index (χ4v) is 6.41. The SMILES string of the molecule is CC(C)c1nsc(N2CCC3(CC2)Oc2ccc(-c4ccc(NC(=O)N5CCOCC5)c(F)c4)cc2CC3(F)F)n1. The number of alkyl halides is 2. The first-order valence-corrected chi connectivity index (χ1v) is 14.6. The van der Waals surface area contributed by atoms with Crippen LogP contribution in [-0.4, -0.2) is 71.2 Å². The van der Waals surface area contributed by atoms with Crippen LogP contribution in [0.4, 0.5) is 28.8 Å². The van der Waals surface area contributed by atoms with Crippen molar-refractivity contribution >= 4 is 28.4 Å². The quantitative estimate of drug-likeness (QED) is 0.407. The molecule has 12 heteroatoms. The highest BCUT2D eigenvalue weighted by Crippen LogP contribution is 2.49. The number of nitrogens with zero attached hydrogens (tertiary/aromatic N) is 4. The Labute approximate surface area is 240 Å². The Balaban J connectivity index is 1.16. The highest BCUT2D eigenvalue weighted by atomic mass is 32.1. The zero-order valence-electron chi connectivity index (χ0n) is 23.0. The van der Waals surface area contributed by atoms with Gasteiger partial charge in [0.1, 0.15) is 17.4 Å². The number of piperidine rings is 1. The second-order valence-electron chi connectivity index (χ2n) is 11.1. The van der Waals surface area contributed by atoms with Crippen molar-refractivity contribution in [1.82, 2.24) is 14.3 Å². The van der Waals surface area contributed by atoms with Crippen LogP contribution in [0.5, 0.6) is 5.75 Å². The predicted molar refractivity (Wildman–Crippen MR) is 151 cm³/mol. The lowest BCUT2D eigenvalue weighted by Crippen LogP contribution is -2.61. The fraction of sp³-hybridized carbons (Fsp3) is 0.483. The lowest BCUT2D eigenvalue weighted by molar-refractivity contribution is -0.185. The summed E-state index contributed by atoms with van der Waals surface area (Å²) in [4.78, 5) is 20.6. The first-order chi connectivity index (χ1) is 19.6. The molecule has 0 unspecified atom stereocenters. The average Bonchev–Trinajstić information content (AvgIpc) is 3.46. The summed E-state index contributed by atoms with van der Waals surface area (Å²) >= 11 is 1.30. The van der Waals surface area contributed by atoms with Gasteiger partial charge in [0, 0.05) is 68.5 Å². The molecule has 1 N–H and O–H groups in total. The molecule has 0 saturated carbocycles. The summed E-state index contributed by atoms with van der Waals surface area (Å²) in [5, 5.41) is 3.35. The number of carbonyl (C=O) groups is 1. The Bertz CT molecular complexity index is 1430. The van der Waals surface area contributed by atoms with Crippen LogP contribution < -0.4 is 15.0 Å². The van der Waals surface area contributed by atoms with Gasteiger partial charge in [0.25, 0.3) is 5.92 Å². The number of aromatic nitrogens is 2. The van der Waals surface area contributed by atoms with Crippen molar-refractivity contribution in [1.29, 1.82) is 0 Å². The maximum atomic E-state index is 15.7. The van der Waals surface area contributed by atoms with Crippen LogP contribution in [0.3, 0.4) is 0 Å². The molecule has 0 aliphatic carbocycles. The third-order valence-corrected chi connectivity index (χ3v) is 8.87. The van der Waals surface area contributed by atoms with Gasteiger partial charge in [0.05, 0.1) is 18.9 Å². The monoisotopic (exact) mass is 587 g/mol. The number of rotatable bonds is 4. The molecule has 2 aromatic carbocycles. The van der Waals surface area contributed by atoms with Gasteiger partial charge in [-0.3, -0.25) is 0 Å². The highest BCUT2D eigenvalue weighted by molar-refractivity contribution is 7.09. The van der Waals surface area contributed by atoms with Gasteiger partial charge < -0.3 is 24.6 Å². The van der Waals surface area contributed by atoms with Gasteiger partial charge in [0.2, 0.25) is 5.13 Å². The van der Waals surface area contributed by atoms with Gasteiger partial charge in [-0.2, -0.15) is 4.37 Å². The molecule has 2 amide bonds. The topological polar surface area (TPSA) is 79.8 Å². The smallest absolute Gasteiger partial charge is 0.322 e. The van der Waals surface area contributed by atoms with E-state index in [1.807, 2.05) is 18.7 Å². The normalized spacial score (nSPS) is 19.7. The number of fused-ring (bicyclic) bond motifs is 1. The Morgan fingerprint density at radius 1 is 1.05 bits per heavy atom. The number of hydrogen-bond donors (Lipinski definition) is 1. The lowest BCUT2D eigenvalue weighted by atomic mass is 9.79. The Morgan fingerprint density at radius 2 is 1.76 bits per heavy atom. The number of hydrogen-bond acceptors (Lipinski definition) is 7. The molecule has 4 heterocycles. The van der Waals surface area contributed by atoms with E-state index in [4.69, 9.17) is 9.47 Å². The Kier molecular flexibility index (Phi) is 7.31. The van der Waals surface area contributed by atoms with E-state index >= 15 is 8.78 Å². The number of urea groups is 1. The average molecular weight is 588 g/mol. The molecule has 218 valence electrons. The minimum absolute atomic E-state index is 0.0558. The third kappa shape index (κ3) is 5.34. The number of nitrogens with one attached hydrogen (secondary N) is 1. The minimum atomic E-state index is -3.08. The van der Waals surface area contributed by atoms with Crippen molar-refractivity contribution in [3.05, 3.63) is 53.6 Å². The number of amides is 2. The van der Waals surface area contributed by atoms with E-state index in [1.54, 1.807) is 29.2 Å². The van der Waals surface area contributed by atoms with E-state index in [9.17, 15) is 9.18 Å². The van der Waals surface area contributed by atoms with Crippen molar-refractivity contribution in [2.75, 3.05) is 49.6 Å². The standard InChI is InChI=1S/C29H32F3N5O3S/c1-18(2)25-34-27(41-35-25)37-9-7-28(8-10-37)29(31,32)17-21-15-19(4-6-24(21)40-28)20-3-5-23(22(30)16-20)33-26(38)36-11-13-39-14-12-36/h3-6,15-16,18H,7-14,17H2,1-2H3,(H,33,38). The summed E-state index contributed by atoms with van der Waals surface area (Å²) in [5.74, 6) is -2.28. The van der Waals surface area contributed by atoms with Crippen LogP contribution in [0.1, 0.15) is 44.0 Å². The van der Waals surface area contributed by atoms with E-state index < -0.39 is 29.8 Å². The predicted octanol–water partition coefficient (Wildman–Crippen LogP) is 5.94. The largest absolute Gasteiger partial charge is 0.481 e. The zero-order valence-corrected chi connectivity index (χ0v) is 23.8. The molecule has 41 heavy (non-hydrogen) atoms. The molecule has 0 atom stereocenters. The van der Waals surface area contributed by atoms with Crippen LogP contribution in [0.25, 0.3) is 11.1 Å². The number of benzene rings is 2. The van der Waals surface area contributed by atoms with Gasteiger partial charge in [-0.25, -0.2) is 22.9 Å². The number of morpholine rings is 1. The number of ether oxygens (including phenoxy) is 2. The van der Waals surface area contributed by atoms with Crippen molar-refractivity contribution in [3.8, 4) is 16.9 Å². The van der Waals surface area contributed by atoms with Crippen molar-refractivity contribution in [3.63, 3.8) is 0 Å². The maximum Gasteiger partial charge on any atom is 0.322 e. The molecule has 1 aromatic heterocycles. The van der Waals surface area contributed by atoms with Crippen molar-refractivity contribution in [2.45, 2.75) is 50.6 Å². The van der Waals surface area contributed by atoms with Crippen LogP contribution in [-0.2, 0) is 11.2 Å². The molecule has 3 aliphatic heterocycles. The molecular weight excluding hydrogens is 555 g/mol. The molecule has 8 nitrogen and oxygen atoms in total. The highest BCUT2D eigenvalue weighted by Gasteiger charge is 2.59. The fourth-order valence-electron chi connectivity index (χ4n) is 5.56.